The van der Waals surface area contributed by atoms with Crippen molar-refractivity contribution in [2.75, 3.05) is 6.61 Å². The number of aryl methyl sites for hydroxylation is 1. The molecular weight excluding hydrogens is 284 g/mol. The Balaban J connectivity index is 2.06. The highest BCUT2D eigenvalue weighted by atomic mass is 16.5. The highest BCUT2D eigenvalue weighted by Gasteiger charge is 2.06. The molecule has 0 fully saturated rings. The monoisotopic (exact) mass is 302 g/mol. The summed E-state index contributed by atoms with van der Waals surface area (Å²) < 4.78 is 10.5. The maximum absolute atomic E-state index is 11.6. The molecule has 1 N–H and O–H groups in total. The van der Waals surface area contributed by atoms with Gasteiger partial charge in [-0.2, -0.15) is 5.10 Å². The second-order valence-corrected chi connectivity index (χ2v) is 4.93. The van der Waals surface area contributed by atoms with Gasteiger partial charge in [-0.25, -0.2) is 10.2 Å². The van der Waals surface area contributed by atoms with E-state index in [4.69, 9.17) is 9.15 Å². The highest BCUT2D eigenvalue weighted by molar-refractivity contribution is 5.84. The summed E-state index contributed by atoms with van der Waals surface area (Å²) in [6, 6.07) is 6.55. The van der Waals surface area contributed by atoms with Gasteiger partial charge in [-0.05, 0) is 38.0 Å². The predicted molar refractivity (Wildman–Crippen MR) is 84.3 cm³/mol. The van der Waals surface area contributed by atoms with Crippen LogP contribution in [-0.4, -0.2) is 18.2 Å². The summed E-state index contributed by atoms with van der Waals surface area (Å²) in [7, 11) is 0. The minimum Gasteiger partial charge on any atom is -0.484 e. The number of rotatable bonds is 5. The van der Waals surface area contributed by atoms with Crippen molar-refractivity contribution in [2.45, 2.75) is 27.2 Å². The van der Waals surface area contributed by atoms with Crippen LogP contribution in [0.3, 0.4) is 0 Å². The van der Waals surface area contributed by atoms with E-state index in [0.717, 1.165) is 23.1 Å². The maximum Gasteiger partial charge on any atom is 0.336 e. The van der Waals surface area contributed by atoms with Crippen LogP contribution in [0.15, 0.2) is 38.6 Å². The first-order chi connectivity index (χ1) is 10.5. The smallest absolute Gasteiger partial charge is 0.336 e. The number of hydrazone groups is 1. The molecule has 2 aromatic rings. The Morgan fingerprint density at radius 3 is 2.86 bits per heavy atom. The molecule has 0 aliphatic carbocycles. The summed E-state index contributed by atoms with van der Waals surface area (Å²) in [4.78, 5) is 23.0. The zero-order chi connectivity index (χ0) is 16.1. The normalized spacial score (nSPS) is 11.5. The van der Waals surface area contributed by atoms with Gasteiger partial charge >= 0.3 is 5.63 Å². The number of amides is 1. The first kappa shape index (κ1) is 15.8. The SMILES string of the molecule is CC/C(C)=N\NC(=O)COc1ccc2c(C)cc(=O)oc2c1. The fourth-order valence-electron chi connectivity index (χ4n) is 1.81. The van der Waals surface area contributed by atoms with Gasteiger partial charge in [-0.3, -0.25) is 4.79 Å². The van der Waals surface area contributed by atoms with Crippen LogP contribution in [0.4, 0.5) is 0 Å². The Kier molecular flexibility index (Phi) is 4.93. The summed E-state index contributed by atoms with van der Waals surface area (Å²) in [5.41, 5.74) is 4.09. The van der Waals surface area contributed by atoms with Crippen LogP contribution in [0.25, 0.3) is 11.0 Å². The number of nitrogens with zero attached hydrogens (tertiary/aromatic N) is 1. The molecule has 6 nitrogen and oxygen atoms in total. The van der Waals surface area contributed by atoms with E-state index in [2.05, 4.69) is 10.5 Å². The molecule has 1 heterocycles. The van der Waals surface area contributed by atoms with E-state index in [9.17, 15) is 9.59 Å². The summed E-state index contributed by atoms with van der Waals surface area (Å²) in [5, 5.41) is 4.74. The van der Waals surface area contributed by atoms with Crippen molar-refractivity contribution in [3.8, 4) is 5.75 Å². The van der Waals surface area contributed by atoms with Crippen molar-refractivity contribution >= 4 is 22.6 Å². The molecule has 0 saturated heterocycles. The lowest BCUT2D eigenvalue weighted by Gasteiger charge is -2.07. The highest BCUT2D eigenvalue weighted by Crippen LogP contribution is 2.22. The summed E-state index contributed by atoms with van der Waals surface area (Å²) in [6.45, 7) is 5.45. The van der Waals surface area contributed by atoms with Crippen molar-refractivity contribution in [3.63, 3.8) is 0 Å². The van der Waals surface area contributed by atoms with Crippen LogP contribution in [0, 0.1) is 6.92 Å². The Bertz CT molecular complexity index is 777. The molecule has 2 rings (SSSR count). The van der Waals surface area contributed by atoms with Crippen molar-refractivity contribution in [1.29, 1.82) is 0 Å². The van der Waals surface area contributed by atoms with E-state index < -0.39 is 5.63 Å². The van der Waals surface area contributed by atoms with E-state index in [1.807, 2.05) is 20.8 Å². The van der Waals surface area contributed by atoms with Crippen LogP contribution >= 0.6 is 0 Å². The van der Waals surface area contributed by atoms with Crippen molar-refractivity contribution in [1.82, 2.24) is 5.43 Å². The molecule has 1 amide bonds. The topological polar surface area (TPSA) is 80.9 Å². The fourth-order valence-corrected chi connectivity index (χ4v) is 1.81. The first-order valence-electron chi connectivity index (χ1n) is 6.99. The molecule has 6 heteroatoms. The van der Waals surface area contributed by atoms with Gasteiger partial charge in [0.05, 0.1) is 0 Å². The zero-order valence-corrected chi connectivity index (χ0v) is 12.8. The van der Waals surface area contributed by atoms with Crippen molar-refractivity contribution < 1.29 is 13.9 Å². The van der Waals surface area contributed by atoms with Gasteiger partial charge in [-0.15, -0.1) is 0 Å². The van der Waals surface area contributed by atoms with E-state index in [1.165, 1.54) is 6.07 Å². The van der Waals surface area contributed by atoms with Gasteiger partial charge in [0.1, 0.15) is 11.3 Å². The number of nitrogens with one attached hydrogen (secondary N) is 1. The molecule has 22 heavy (non-hydrogen) atoms. The molecule has 1 aromatic heterocycles. The quantitative estimate of drug-likeness (QED) is 0.522. The number of benzene rings is 1. The van der Waals surface area contributed by atoms with E-state index in [0.29, 0.717) is 11.3 Å². The van der Waals surface area contributed by atoms with Crippen LogP contribution in [0.5, 0.6) is 5.75 Å². The maximum atomic E-state index is 11.6. The molecule has 0 atom stereocenters. The van der Waals surface area contributed by atoms with Gasteiger partial charge in [0, 0.05) is 23.2 Å². The number of carbonyl (C=O) groups is 1. The Hall–Kier alpha value is -2.63. The Morgan fingerprint density at radius 1 is 1.36 bits per heavy atom. The van der Waals surface area contributed by atoms with Crippen molar-refractivity contribution in [2.24, 2.45) is 5.10 Å². The largest absolute Gasteiger partial charge is 0.484 e. The molecule has 0 spiro atoms. The molecule has 0 bridgehead atoms. The molecule has 0 radical (unpaired) electrons. The average Bonchev–Trinajstić information content (AvgIpc) is 2.49. The minimum atomic E-state index is -0.413. The summed E-state index contributed by atoms with van der Waals surface area (Å²) in [6.07, 6.45) is 0.768. The average molecular weight is 302 g/mol. The molecule has 0 aliphatic heterocycles. The lowest BCUT2D eigenvalue weighted by molar-refractivity contribution is -0.123. The lowest BCUT2D eigenvalue weighted by Crippen LogP contribution is -2.25. The van der Waals surface area contributed by atoms with Crippen LogP contribution in [-0.2, 0) is 4.79 Å². The summed E-state index contributed by atoms with van der Waals surface area (Å²) in [5.74, 6) is 0.103. The van der Waals surface area contributed by atoms with Gasteiger partial charge in [0.2, 0.25) is 0 Å². The lowest BCUT2D eigenvalue weighted by atomic mass is 10.1. The molecular formula is C16H18N2O4. The second kappa shape index (κ2) is 6.89. The van der Waals surface area contributed by atoms with Gasteiger partial charge in [0.25, 0.3) is 5.91 Å². The molecule has 116 valence electrons. The van der Waals surface area contributed by atoms with Crippen molar-refractivity contribution in [3.05, 3.63) is 40.2 Å². The minimum absolute atomic E-state index is 0.165. The molecule has 1 aromatic carbocycles. The van der Waals surface area contributed by atoms with Gasteiger partial charge < -0.3 is 9.15 Å². The van der Waals surface area contributed by atoms with Gasteiger partial charge in [-0.1, -0.05) is 6.92 Å². The second-order valence-electron chi connectivity index (χ2n) is 4.93. The molecule has 0 aliphatic rings. The number of hydrogen-bond donors (Lipinski definition) is 1. The number of ether oxygens (including phenoxy) is 1. The zero-order valence-electron chi connectivity index (χ0n) is 12.8. The third-order valence-electron chi connectivity index (χ3n) is 3.18. The fraction of sp³-hybridized carbons (Fsp3) is 0.312. The third kappa shape index (κ3) is 3.94. The van der Waals surface area contributed by atoms with Crippen LogP contribution in [0.2, 0.25) is 0 Å². The molecule has 0 unspecified atom stereocenters. The number of fused-ring (bicyclic) bond motifs is 1. The Labute approximate surface area is 127 Å². The van der Waals surface area contributed by atoms with E-state index >= 15 is 0 Å². The van der Waals surface area contributed by atoms with E-state index in [-0.39, 0.29) is 12.5 Å². The first-order valence-corrected chi connectivity index (χ1v) is 6.99. The Morgan fingerprint density at radius 2 is 2.14 bits per heavy atom. The van der Waals surface area contributed by atoms with E-state index in [1.54, 1.807) is 18.2 Å². The van der Waals surface area contributed by atoms with Gasteiger partial charge in [0.15, 0.2) is 6.61 Å². The standard InChI is InChI=1S/C16H18N2O4/c1-4-11(3)17-18-15(19)9-21-12-5-6-13-10(2)7-16(20)22-14(13)8-12/h5-8H,4,9H2,1-3H3,(H,18,19)/b17-11-. The van der Waals surface area contributed by atoms with Crippen LogP contribution < -0.4 is 15.8 Å². The third-order valence-corrected chi connectivity index (χ3v) is 3.18. The molecule has 0 saturated carbocycles. The number of carbonyl (C=O) groups excluding carboxylic acids is 1. The summed E-state index contributed by atoms with van der Waals surface area (Å²) >= 11 is 0. The predicted octanol–water partition coefficient (Wildman–Crippen LogP) is 2.38. The van der Waals surface area contributed by atoms with Crippen LogP contribution in [0.1, 0.15) is 25.8 Å². The number of hydrogen-bond acceptors (Lipinski definition) is 5.